The second-order valence-corrected chi connectivity index (χ2v) is 12.8. The highest BCUT2D eigenvalue weighted by molar-refractivity contribution is 7.97. The molecule has 2 fully saturated rings. The number of hydrogen-bond acceptors (Lipinski definition) is 10. The second kappa shape index (κ2) is 14.8. The number of nitrogens with zero attached hydrogens (tertiary/aromatic N) is 6. The molecule has 0 radical (unpaired) electrons. The topological polar surface area (TPSA) is 97.0 Å². The highest BCUT2D eigenvalue weighted by Crippen LogP contribution is 2.38. The fourth-order valence-electron chi connectivity index (χ4n) is 5.86. The Morgan fingerprint density at radius 2 is 1.78 bits per heavy atom. The van der Waals surface area contributed by atoms with Crippen molar-refractivity contribution in [3.05, 3.63) is 42.7 Å². The van der Waals surface area contributed by atoms with Crippen LogP contribution in [0.4, 0.5) is 11.5 Å². The minimum atomic E-state index is 0.640. The summed E-state index contributed by atoms with van der Waals surface area (Å²) in [4.78, 5) is 23.4. The highest BCUT2D eigenvalue weighted by atomic mass is 32.2. The van der Waals surface area contributed by atoms with E-state index in [9.17, 15) is 0 Å². The molecule has 2 saturated heterocycles. The van der Waals surface area contributed by atoms with Gasteiger partial charge in [0.1, 0.15) is 17.8 Å². The molecule has 0 amide bonds. The van der Waals surface area contributed by atoms with E-state index in [1.54, 1.807) is 25.4 Å². The van der Waals surface area contributed by atoms with Crippen molar-refractivity contribution >= 4 is 62.7 Å². The van der Waals surface area contributed by atoms with E-state index in [0.717, 1.165) is 116 Å². The maximum Gasteiger partial charge on any atom is 0.173 e. The smallest absolute Gasteiger partial charge is 0.173 e. The molecular weight excluding hydrogens is 607 g/mol. The predicted molar refractivity (Wildman–Crippen MR) is 188 cm³/mol. The number of anilines is 2. The Kier molecular flexibility index (Phi) is 10.4. The molecule has 2 aliphatic heterocycles. The zero-order valence-electron chi connectivity index (χ0n) is 26.3. The summed E-state index contributed by atoms with van der Waals surface area (Å²) >= 11 is 7.41. The van der Waals surface area contributed by atoms with Crippen LogP contribution in [0.15, 0.2) is 47.6 Å². The number of hydrogen-bond donors (Lipinski definition) is 3. The molecule has 240 valence electrons. The van der Waals surface area contributed by atoms with Gasteiger partial charge in [0.2, 0.25) is 0 Å². The van der Waals surface area contributed by atoms with Crippen LogP contribution >= 0.6 is 24.2 Å². The van der Waals surface area contributed by atoms with E-state index in [1.807, 2.05) is 12.1 Å². The van der Waals surface area contributed by atoms with Gasteiger partial charge in [-0.05, 0) is 68.0 Å². The largest absolute Gasteiger partial charge is 0.493 e. The van der Waals surface area contributed by atoms with Crippen LogP contribution in [0.25, 0.3) is 21.9 Å². The van der Waals surface area contributed by atoms with Crippen molar-refractivity contribution in [3.63, 3.8) is 0 Å². The number of methoxy groups -OCH3 is 1. The minimum Gasteiger partial charge on any atom is -0.493 e. The molecule has 13 heteroatoms. The summed E-state index contributed by atoms with van der Waals surface area (Å²) in [5.41, 5.74) is 2.76. The predicted octanol–water partition coefficient (Wildman–Crippen LogP) is 4.27. The van der Waals surface area contributed by atoms with Crippen LogP contribution in [-0.2, 0) is 0 Å². The first-order valence-electron chi connectivity index (χ1n) is 15.7. The average molecular weight is 650 g/mol. The van der Waals surface area contributed by atoms with Crippen molar-refractivity contribution < 1.29 is 9.47 Å². The second-order valence-electron chi connectivity index (χ2n) is 11.5. The Bertz CT molecular complexity index is 1580. The molecule has 0 atom stereocenters. The first-order valence-corrected chi connectivity index (χ1v) is 16.9. The van der Waals surface area contributed by atoms with Gasteiger partial charge in [-0.2, -0.15) is 0 Å². The summed E-state index contributed by atoms with van der Waals surface area (Å²) < 4.78 is 15.3. The molecule has 6 rings (SSSR count). The van der Waals surface area contributed by atoms with Crippen molar-refractivity contribution in [2.75, 3.05) is 96.4 Å². The molecule has 0 aliphatic carbocycles. The lowest BCUT2D eigenvalue weighted by molar-refractivity contribution is 0.145. The number of rotatable bonds is 11. The van der Waals surface area contributed by atoms with E-state index in [0.29, 0.717) is 12.4 Å². The molecule has 0 saturated carbocycles. The van der Waals surface area contributed by atoms with Crippen LogP contribution in [0.2, 0.25) is 0 Å². The summed E-state index contributed by atoms with van der Waals surface area (Å²) in [5, 5.41) is 6.16. The number of ether oxygens (including phenoxy) is 2. The lowest BCUT2D eigenvalue weighted by Crippen LogP contribution is -2.50. The van der Waals surface area contributed by atoms with Gasteiger partial charge < -0.3 is 39.4 Å². The van der Waals surface area contributed by atoms with Crippen LogP contribution in [0.1, 0.15) is 13.3 Å². The van der Waals surface area contributed by atoms with Crippen molar-refractivity contribution in [1.82, 2.24) is 34.4 Å². The zero-order chi connectivity index (χ0) is 31.2. The summed E-state index contributed by atoms with van der Waals surface area (Å²) in [6, 6.07) is 12.4. The van der Waals surface area contributed by atoms with Crippen LogP contribution in [0.5, 0.6) is 11.5 Å². The highest BCUT2D eigenvalue weighted by Gasteiger charge is 2.24. The number of benzene rings is 2. The molecule has 2 aliphatic rings. The van der Waals surface area contributed by atoms with Crippen molar-refractivity contribution in [2.45, 2.75) is 18.2 Å². The van der Waals surface area contributed by atoms with Crippen molar-refractivity contribution in [1.29, 1.82) is 0 Å². The summed E-state index contributed by atoms with van der Waals surface area (Å²) in [5.74, 6) is 2.37. The van der Waals surface area contributed by atoms with Crippen LogP contribution < -0.4 is 24.4 Å². The Hall–Kier alpha value is -3.36. The minimum absolute atomic E-state index is 0.640. The molecule has 2 aromatic heterocycles. The molecule has 11 nitrogen and oxygen atoms in total. The van der Waals surface area contributed by atoms with E-state index in [2.05, 4.69) is 77.8 Å². The van der Waals surface area contributed by atoms with Gasteiger partial charge in [0, 0.05) is 87.5 Å². The van der Waals surface area contributed by atoms with Gasteiger partial charge >= 0.3 is 0 Å². The van der Waals surface area contributed by atoms with Crippen molar-refractivity contribution in [2.24, 2.45) is 0 Å². The molecule has 0 spiro atoms. The molecule has 45 heavy (non-hydrogen) atoms. The summed E-state index contributed by atoms with van der Waals surface area (Å²) in [7, 11) is 3.88. The van der Waals surface area contributed by atoms with Crippen LogP contribution in [0, 0.1) is 0 Å². The van der Waals surface area contributed by atoms with Crippen LogP contribution in [0.3, 0.4) is 0 Å². The zero-order valence-corrected chi connectivity index (χ0v) is 28.0. The molecule has 4 aromatic rings. The molecule has 0 bridgehead atoms. The maximum absolute atomic E-state index is 6.23. The Morgan fingerprint density at radius 1 is 1.00 bits per heavy atom. The fraction of sp³-hybridized carbons (Fsp3) is 0.469. The van der Waals surface area contributed by atoms with E-state index < -0.39 is 0 Å². The first-order chi connectivity index (χ1) is 22.0. The van der Waals surface area contributed by atoms with Gasteiger partial charge in [0.25, 0.3) is 0 Å². The standard InChI is InChI=1S/C32H43N9O2S2/c1-4-35-45-24-8-6-23(7-9-24)36-32(44)41-17-15-40(16-18-41)31-29-25-20-27(42-3)28(21-26(25)37-30(29)33-22-34-31)43-19-5-10-39-13-11-38(2)12-14-39/h6-9,20-22,35H,4-5,10-19H2,1-3H3,(H,36,44)(H,33,34,37). The number of H-pyrrole nitrogens is 1. The molecular formula is C32H43N9O2S2. The lowest BCUT2D eigenvalue weighted by Gasteiger charge is -2.37. The van der Waals surface area contributed by atoms with E-state index in [-0.39, 0.29) is 0 Å². The molecule has 2 aromatic carbocycles. The number of piperazine rings is 2. The molecule has 0 unspecified atom stereocenters. The average Bonchev–Trinajstić information content (AvgIpc) is 3.44. The third-order valence-electron chi connectivity index (χ3n) is 8.43. The van der Waals surface area contributed by atoms with E-state index >= 15 is 0 Å². The third kappa shape index (κ3) is 7.55. The maximum atomic E-state index is 6.23. The number of likely N-dealkylation sites (N-methyl/N-ethyl adjacent to an activating group) is 1. The third-order valence-corrected chi connectivity index (χ3v) is 9.73. The number of fused-ring (bicyclic) bond motifs is 3. The van der Waals surface area contributed by atoms with Crippen LogP contribution in [-0.4, -0.2) is 121 Å². The Labute approximate surface area is 274 Å². The Balaban J connectivity index is 1.09. The van der Waals surface area contributed by atoms with E-state index in [4.69, 9.17) is 26.7 Å². The number of nitrogens with one attached hydrogen (secondary N) is 3. The SMILES string of the molecule is CCNSc1ccc(NC(=S)N2CCN(c3ncnc4[nH]c5cc(OCCCN6CCN(C)CC6)c(OC)cc5c34)CC2)cc1. The molecule has 3 N–H and O–H groups in total. The lowest BCUT2D eigenvalue weighted by atomic mass is 10.1. The van der Waals surface area contributed by atoms with Gasteiger partial charge in [-0.1, -0.05) is 6.92 Å². The van der Waals surface area contributed by atoms with Gasteiger partial charge in [0.15, 0.2) is 16.6 Å². The van der Waals surface area contributed by atoms with Crippen molar-refractivity contribution in [3.8, 4) is 11.5 Å². The number of aromatic nitrogens is 3. The van der Waals surface area contributed by atoms with Gasteiger partial charge in [-0.15, -0.1) is 0 Å². The van der Waals surface area contributed by atoms with Gasteiger partial charge in [-0.25, -0.2) is 9.97 Å². The monoisotopic (exact) mass is 649 g/mol. The Morgan fingerprint density at radius 3 is 2.51 bits per heavy atom. The first kappa shape index (κ1) is 31.6. The van der Waals surface area contributed by atoms with Gasteiger partial charge in [0.05, 0.1) is 24.6 Å². The molecule has 4 heterocycles. The summed E-state index contributed by atoms with van der Waals surface area (Å²) in [6.45, 7) is 12.4. The summed E-state index contributed by atoms with van der Waals surface area (Å²) in [6.07, 6.45) is 2.61. The fourth-order valence-corrected chi connectivity index (χ4v) is 6.74. The number of thiocarbonyl (C=S) groups is 1. The number of aromatic amines is 1. The quantitative estimate of drug-likeness (QED) is 0.123. The van der Waals surface area contributed by atoms with Gasteiger partial charge in [-0.3, -0.25) is 4.72 Å². The van der Waals surface area contributed by atoms with E-state index in [1.165, 1.54) is 4.90 Å². The normalized spacial score (nSPS) is 16.4.